The van der Waals surface area contributed by atoms with Crippen LogP contribution in [0.2, 0.25) is 19.6 Å². The predicted molar refractivity (Wildman–Crippen MR) is 57.1 cm³/mol. The summed E-state index contributed by atoms with van der Waals surface area (Å²) in [6.07, 6.45) is 0. The Morgan fingerprint density at radius 2 is 0.773 bits per heavy atom. The van der Waals surface area contributed by atoms with Crippen molar-refractivity contribution in [3.63, 3.8) is 0 Å². The zero-order valence-corrected chi connectivity index (χ0v) is 21.4. The maximum Gasteiger partial charge on any atom is 0.0775 e. The predicted octanol–water partition coefficient (Wildman–Crippen LogP) is 2.99. The van der Waals surface area contributed by atoms with Crippen molar-refractivity contribution in [3.8, 4) is 0 Å². The molecule has 0 fully saturated rings. The second-order valence-corrected chi connectivity index (χ2v) is 9.75. The Labute approximate surface area is 475 Å². The van der Waals surface area contributed by atoms with Gasteiger partial charge in [-0.3, -0.25) is 0 Å². The zero-order valence-electron chi connectivity index (χ0n) is 11.1. The van der Waals surface area contributed by atoms with Crippen LogP contribution in [-0.4, -0.2) is 8.07 Å². The Morgan fingerprint density at radius 3 is 0.955 bits per heavy atom. The van der Waals surface area contributed by atoms with Crippen LogP contribution in [0.15, 0.2) is 28.7 Å². The van der Waals surface area contributed by atoms with E-state index in [-0.39, 0.29) is 415 Å². The number of hydrogen-bond acceptors (Lipinski definition) is 0. The second kappa shape index (κ2) is 44.7. The van der Waals surface area contributed by atoms with Crippen molar-refractivity contribution in [2.45, 2.75) is 19.6 Å². The molecule has 0 nitrogen and oxygen atoms in total. The van der Waals surface area contributed by atoms with Crippen molar-refractivity contribution >= 4 is 29.2 Å². The molecule has 0 spiro atoms. The maximum atomic E-state index is 3.43. The summed E-state index contributed by atoms with van der Waals surface area (Å²) in [7, 11) is -1.08. The van der Waals surface area contributed by atoms with Crippen LogP contribution in [0.1, 0.15) is 0 Å². The molecule has 1 aromatic rings. The molecule has 0 unspecified atom stereocenters. The van der Waals surface area contributed by atoms with Gasteiger partial charge in [-0.05, 0) is 12.1 Å². The van der Waals surface area contributed by atoms with Gasteiger partial charge in [0, 0.05) is 420 Å². The van der Waals surface area contributed by atoms with Gasteiger partial charge in [0.1, 0.15) is 0 Å². The summed E-state index contributed by atoms with van der Waals surface area (Å²) < 4.78 is 1.17. The van der Waals surface area contributed by atoms with Gasteiger partial charge in [-0.25, -0.2) is 0 Å². The van der Waals surface area contributed by atoms with E-state index in [1.807, 2.05) is 0 Å². The van der Waals surface area contributed by atoms with E-state index in [9.17, 15) is 0 Å². The molecule has 0 aliphatic carbocycles. The van der Waals surface area contributed by atoms with E-state index in [1.165, 1.54) is 9.66 Å². The molecule has 13 heteroatoms. The maximum absolute atomic E-state index is 3.43. The SMILES string of the molecule is C[Si](C)(C)c1ccc(Br)cc1.[Ar].[Ar].[Ar].[Ar].[Ar].[Ar].[Ar].[Ar].[Ar].[Ar].[Ar]. The van der Waals surface area contributed by atoms with Crippen molar-refractivity contribution in [1.29, 1.82) is 0 Å². The van der Waals surface area contributed by atoms with Gasteiger partial charge < -0.3 is 0 Å². The van der Waals surface area contributed by atoms with Crippen LogP contribution >= 0.6 is 15.9 Å². The normalized spacial score (nSPS) is 5.82. The summed E-state index contributed by atoms with van der Waals surface area (Å²) in [6, 6.07) is 8.67. The van der Waals surface area contributed by atoms with Crippen LogP contribution in [0.3, 0.4) is 0 Å². The Hall–Kier alpha value is 13.8. The van der Waals surface area contributed by atoms with Gasteiger partial charge in [0.15, 0.2) is 0 Å². The molecule has 0 N–H and O–H groups in total. The van der Waals surface area contributed by atoms with Gasteiger partial charge in [0.05, 0.1) is 8.07 Å². The minimum Gasteiger partial charge on any atom is -0.0656 e. The molecule has 1 aromatic carbocycles. The van der Waals surface area contributed by atoms with Crippen molar-refractivity contribution in [3.05, 3.63) is 28.7 Å². The summed E-state index contributed by atoms with van der Waals surface area (Å²) in [6.45, 7) is 7.07. The third-order valence-electron chi connectivity index (χ3n) is 1.71. The molecule has 0 amide bonds. The van der Waals surface area contributed by atoms with E-state index in [2.05, 4.69) is 59.8 Å². The topological polar surface area (TPSA) is 0 Å². The molecular weight excluding hydrogens is 656 g/mol. The molecule has 0 saturated carbocycles. The molecule has 0 heterocycles. The molecule has 0 bridgehead atoms. The van der Waals surface area contributed by atoms with Crippen LogP contribution in [0, 0.1) is 415 Å². The van der Waals surface area contributed by atoms with Crippen LogP contribution in [0.4, 0.5) is 0 Å². The van der Waals surface area contributed by atoms with Crippen LogP contribution in [0.5, 0.6) is 0 Å². The molecule has 0 aliphatic rings. The van der Waals surface area contributed by atoms with Gasteiger partial charge in [-0.1, -0.05) is 52.9 Å². The smallest absolute Gasteiger partial charge is 0.0656 e. The summed E-state index contributed by atoms with van der Waals surface area (Å²) in [4.78, 5) is 0. The van der Waals surface area contributed by atoms with Crippen molar-refractivity contribution in [2.24, 2.45) is 0 Å². The summed E-state index contributed by atoms with van der Waals surface area (Å²) in [5, 5.41) is 1.51. The Balaban J connectivity index is -0.0000000122. The number of benzene rings is 1. The standard InChI is InChI=1S/C9H13BrSi.11Ar/c1-11(2,3)9-6-4-8(10)5-7-9;;;;;;;;;;;/h4-7H,1-3H3;;;;;;;;;;;. The van der Waals surface area contributed by atoms with Gasteiger partial charge in [0.25, 0.3) is 0 Å². The third kappa shape index (κ3) is 40.9. The molecule has 0 atom stereocenters. The van der Waals surface area contributed by atoms with E-state index >= 15 is 0 Å². The van der Waals surface area contributed by atoms with Gasteiger partial charge in [-0.15, -0.1) is 0 Å². The van der Waals surface area contributed by atoms with Gasteiger partial charge in [0.2, 0.25) is 0 Å². The summed E-state index contributed by atoms with van der Waals surface area (Å²) in [5.41, 5.74) is 0. The Bertz CT molecular complexity index is 255. The fourth-order valence-electron chi connectivity index (χ4n) is 0.950. The fourth-order valence-corrected chi connectivity index (χ4v) is 2.38. The largest absolute Gasteiger partial charge is 0.0775 e. The van der Waals surface area contributed by atoms with Crippen LogP contribution < -0.4 is 5.19 Å². The van der Waals surface area contributed by atoms with Gasteiger partial charge >= 0.3 is 0 Å². The second-order valence-electron chi connectivity index (χ2n) is 3.76. The molecule has 148 valence electrons. The number of rotatable bonds is 1. The molecule has 0 saturated heterocycles. The number of halogens is 1. The van der Waals surface area contributed by atoms with Crippen molar-refractivity contribution in [2.75, 3.05) is 0 Å². The quantitative estimate of drug-likeness (QED) is 0.405. The third-order valence-corrected chi connectivity index (χ3v) is 4.30. The first-order chi connectivity index (χ1) is 5.00. The molecular formula is C9H13Ar11BrSi. The van der Waals surface area contributed by atoms with Crippen LogP contribution in [0.25, 0.3) is 0 Å². The molecule has 0 aliphatic heterocycles. The van der Waals surface area contributed by atoms with Crippen molar-refractivity contribution < 1.29 is 415 Å². The van der Waals surface area contributed by atoms with E-state index in [1.54, 1.807) is 0 Å². The van der Waals surface area contributed by atoms with E-state index in [0.29, 0.717) is 0 Å². The average molecular weight is 669 g/mol. The minimum atomic E-state index is -1.08. The van der Waals surface area contributed by atoms with E-state index in [0.717, 1.165) is 0 Å². The first kappa shape index (κ1) is 70.5. The Kier molecular flexibility index (Phi) is 143. The van der Waals surface area contributed by atoms with E-state index < -0.39 is 8.07 Å². The van der Waals surface area contributed by atoms with Gasteiger partial charge in [-0.2, -0.15) is 0 Å². The molecule has 0 radical (unpaired) electrons. The van der Waals surface area contributed by atoms with E-state index in [4.69, 9.17) is 0 Å². The summed E-state index contributed by atoms with van der Waals surface area (Å²) in [5.74, 6) is 0. The fraction of sp³-hybridized carbons (Fsp3) is 0.333. The average Bonchev–Trinajstić information content (AvgIpc) is 1.86. The van der Waals surface area contributed by atoms with Crippen LogP contribution in [-0.2, 0) is 0 Å². The molecule has 22 heavy (non-hydrogen) atoms. The zero-order chi connectivity index (χ0) is 8.48. The molecule has 0 aromatic heterocycles. The first-order valence-electron chi connectivity index (χ1n) is 3.76. The van der Waals surface area contributed by atoms with Crippen molar-refractivity contribution in [1.82, 2.24) is 0 Å². The monoisotopic (exact) mass is 668 g/mol. The first-order valence-corrected chi connectivity index (χ1v) is 8.05. The summed E-state index contributed by atoms with van der Waals surface area (Å²) >= 11 is 3.43. The number of hydrogen-bond donors (Lipinski definition) is 0. The minimum absolute atomic E-state index is 0. The Morgan fingerprint density at radius 1 is 0.545 bits per heavy atom. The molecule has 1 rings (SSSR count).